The van der Waals surface area contributed by atoms with Crippen LogP contribution in [0.4, 0.5) is 0 Å². The molecule has 4 nitrogen and oxygen atoms in total. The first-order valence-corrected chi connectivity index (χ1v) is 8.56. The van der Waals surface area contributed by atoms with Gasteiger partial charge in [-0.3, -0.25) is 0 Å². The Labute approximate surface area is 113 Å². The molecule has 6 heteroatoms. The fourth-order valence-corrected chi connectivity index (χ4v) is 4.73. The van der Waals surface area contributed by atoms with Crippen molar-refractivity contribution in [1.29, 1.82) is 0 Å². The summed E-state index contributed by atoms with van der Waals surface area (Å²) in [5, 5.41) is 3.28. The molecule has 0 amide bonds. The highest BCUT2D eigenvalue weighted by Crippen LogP contribution is 2.25. The third-order valence-corrected chi connectivity index (χ3v) is 6.48. The molecule has 1 fully saturated rings. The predicted octanol–water partition coefficient (Wildman–Crippen LogP) is 1.64. The van der Waals surface area contributed by atoms with Crippen LogP contribution in [0.3, 0.4) is 0 Å². The molecule has 0 atom stereocenters. The predicted molar refractivity (Wildman–Crippen MR) is 74.6 cm³/mol. The van der Waals surface area contributed by atoms with Gasteiger partial charge in [0.1, 0.15) is 4.21 Å². The molecule has 0 aliphatic carbocycles. The van der Waals surface area contributed by atoms with E-state index in [1.54, 1.807) is 6.07 Å². The number of sulfonamides is 1. The zero-order chi connectivity index (χ0) is 13.2. The molecule has 2 heterocycles. The molecule has 1 aromatic rings. The zero-order valence-corrected chi connectivity index (χ0v) is 12.5. The van der Waals surface area contributed by atoms with Crippen molar-refractivity contribution < 1.29 is 8.42 Å². The van der Waals surface area contributed by atoms with Crippen LogP contribution in [0.2, 0.25) is 0 Å². The van der Waals surface area contributed by atoms with Gasteiger partial charge in [-0.1, -0.05) is 0 Å². The Morgan fingerprint density at radius 2 is 2.06 bits per heavy atom. The van der Waals surface area contributed by atoms with Gasteiger partial charge in [0, 0.05) is 11.4 Å². The summed E-state index contributed by atoms with van der Waals surface area (Å²) >= 11 is 1.35. The lowest BCUT2D eigenvalue weighted by Gasteiger charge is -2.22. The number of hydrogen-bond donors (Lipinski definition) is 2. The van der Waals surface area contributed by atoms with Gasteiger partial charge in [0.15, 0.2) is 0 Å². The summed E-state index contributed by atoms with van der Waals surface area (Å²) in [5.74, 6) is 0.461. The molecule has 1 aromatic heterocycles. The fraction of sp³-hybridized carbons (Fsp3) is 0.667. The van der Waals surface area contributed by atoms with Crippen molar-refractivity contribution in [2.24, 2.45) is 5.92 Å². The molecule has 1 saturated heterocycles. The summed E-state index contributed by atoms with van der Waals surface area (Å²) in [4.78, 5) is 1.07. The Morgan fingerprint density at radius 1 is 1.39 bits per heavy atom. The van der Waals surface area contributed by atoms with E-state index in [1.807, 2.05) is 13.8 Å². The molecule has 0 spiro atoms. The van der Waals surface area contributed by atoms with E-state index in [9.17, 15) is 8.42 Å². The maximum atomic E-state index is 12.1. The van der Waals surface area contributed by atoms with E-state index >= 15 is 0 Å². The average Bonchev–Trinajstić information content (AvgIpc) is 2.70. The monoisotopic (exact) mass is 288 g/mol. The molecule has 2 rings (SSSR count). The van der Waals surface area contributed by atoms with Crippen molar-refractivity contribution in [2.45, 2.75) is 30.9 Å². The third kappa shape index (κ3) is 3.32. The summed E-state index contributed by atoms with van der Waals surface area (Å²) in [7, 11) is -3.31. The van der Waals surface area contributed by atoms with E-state index in [-0.39, 0.29) is 0 Å². The quantitative estimate of drug-likeness (QED) is 0.885. The van der Waals surface area contributed by atoms with Crippen LogP contribution in [0.1, 0.15) is 23.3 Å². The molecule has 0 aromatic carbocycles. The first-order chi connectivity index (χ1) is 8.49. The highest BCUT2D eigenvalue weighted by Gasteiger charge is 2.20. The van der Waals surface area contributed by atoms with Crippen LogP contribution in [0.15, 0.2) is 10.3 Å². The standard InChI is InChI=1S/C12H20N2O2S2/c1-9-7-12(17-10(9)2)18(15,16)14-8-11-3-5-13-6-4-11/h7,11,13-14H,3-6,8H2,1-2H3. The number of piperidine rings is 1. The van der Waals surface area contributed by atoms with Crippen molar-refractivity contribution in [1.82, 2.24) is 10.0 Å². The molecule has 0 unspecified atom stereocenters. The minimum Gasteiger partial charge on any atom is -0.317 e. The van der Waals surface area contributed by atoms with Crippen molar-refractivity contribution >= 4 is 21.4 Å². The van der Waals surface area contributed by atoms with E-state index in [4.69, 9.17) is 0 Å². The maximum Gasteiger partial charge on any atom is 0.250 e. The topological polar surface area (TPSA) is 58.2 Å². The third-order valence-electron chi connectivity index (χ3n) is 3.43. The van der Waals surface area contributed by atoms with Crippen LogP contribution in [-0.2, 0) is 10.0 Å². The summed E-state index contributed by atoms with van der Waals surface area (Å²) < 4.78 is 27.4. The normalized spacial score (nSPS) is 18.1. The van der Waals surface area contributed by atoms with Gasteiger partial charge in [-0.05, 0) is 57.3 Å². The second-order valence-corrected chi connectivity index (χ2v) is 8.10. The molecule has 0 radical (unpaired) electrons. The van der Waals surface area contributed by atoms with Gasteiger partial charge < -0.3 is 5.32 Å². The van der Waals surface area contributed by atoms with Gasteiger partial charge in [0.2, 0.25) is 10.0 Å². The summed E-state index contributed by atoms with van der Waals surface area (Å²) in [6, 6.07) is 1.75. The first kappa shape index (κ1) is 14.0. The van der Waals surface area contributed by atoms with Gasteiger partial charge >= 0.3 is 0 Å². The highest BCUT2D eigenvalue weighted by molar-refractivity contribution is 7.91. The number of aryl methyl sites for hydroxylation is 2. The Balaban J connectivity index is 1.98. The van der Waals surface area contributed by atoms with Crippen LogP contribution in [0, 0.1) is 19.8 Å². The van der Waals surface area contributed by atoms with Gasteiger partial charge in [-0.2, -0.15) is 0 Å². The molecule has 0 bridgehead atoms. The van der Waals surface area contributed by atoms with Crippen LogP contribution in [-0.4, -0.2) is 28.1 Å². The second-order valence-electron chi connectivity index (χ2n) is 4.85. The van der Waals surface area contributed by atoms with E-state index in [2.05, 4.69) is 10.0 Å². The van der Waals surface area contributed by atoms with E-state index in [0.717, 1.165) is 36.4 Å². The number of nitrogens with one attached hydrogen (secondary N) is 2. The molecule has 2 N–H and O–H groups in total. The Kier molecular flexibility index (Phi) is 4.42. The van der Waals surface area contributed by atoms with Crippen molar-refractivity contribution in [3.8, 4) is 0 Å². The largest absolute Gasteiger partial charge is 0.317 e. The minimum absolute atomic E-state index is 0.437. The molecule has 1 aliphatic rings. The van der Waals surface area contributed by atoms with Crippen molar-refractivity contribution in [2.75, 3.05) is 19.6 Å². The Morgan fingerprint density at radius 3 is 2.61 bits per heavy atom. The van der Waals surface area contributed by atoms with Crippen LogP contribution < -0.4 is 10.0 Å². The molecule has 1 aliphatic heterocycles. The number of rotatable bonds is 4. The van der Waals surface area contributed by atoms with Gasteiger partial charge in [-0.25, -0.2) is 13.1 Å². The lowest BCUT2D eigenvalue weighted by Crippen LogP contribution is -2.35. The van der Waals surface area contributed by atoms with Gasteiger partial charge in [0.25, 0.3) is 0 Å². The molecule has 18 heavy (non-hydrogen) atoms. The fourth-order valence-electron chi connectivity index (χ4n) is 2.06. The minimum atomic E-state index is -3.31. The van der Waals surface area contributed by atoms with Crippen molar-refractivity contribution in [3.05, 3.63) is 16.5 Å². The van der Waals surface area contributed by atoms with Crippen LogP contribution in [0.5, 0.6) is 0 Å². The smallest absolute Gasteiger partial charge is 0.250 e. The van der Waals surface area contributed by atoms with Gasteiger partial charge in [-0.15, -0.1) is 11.3 Å². The zero-order valence-electron chi connectivity index (χ0n) is 10.8. The SMILES string of the molecule is Cc1cc(S(=O)(=O)NCC2CCNCC2)sc1C. The van der Waals surface area contributed by atoms with E-state index in [0.29, 0.717) is 16.7 Å². The van der Waals surface area contributed by atoms with E-state index < -0.39 is 10.0 Å². The number of thiophene rings is 1. The lowest BCUT2D eigenvalue weighted by molar-refractivity contribution is 0.372. The van der Waals surface area contributed by atoms with Gasteiger partial charge in [0.05, 0.1) is 0 Å². The van der Waals surface area contributed by atoms with Crippen LogP contribution >= 0.6 is 11.3 Å². The first-order valence-electron chi connectivity index (χ1n) is 6.26. The Bertz CT molecular complexity index is 483. The molecule has 102 valence electrons. The highest BCUT2D eigenvalue weighted by atomic mass is 32.2. The molecular weight excluding hydrogens is 268 g/mol. The lowest BCUT2D eigenvalue weighted by atomic mass is 9.99. The van der Waals surface area contributed by atoms with Crippen molar-refractivity contribution in [3.63, 3.8) is 0 Å². The summed E-state index contributed by atoms with van der Waals surface area (Å²) in [5.41, 5.74) is 1.04. The summed E-state index contributed by atoms with van der Waals surface area (Å²) in [6.45, 7) is 6.43. The Hall–Kier alpha value is -0.430. The number of hydrogen-bond acceptors (Lipinski definition) is 4. The average molecular weight is 288 g/mol. The van der Waals surface area contributed by atoms with E-state index in [1.165, 1.54) is 11.3 Å². The summed E-state index contributed by atoms with van der Waals surface area (Å²) in [6.07, 6.45) is 2.09. The second kappa shape index (κ2) is 5.69. The van der Waals surface area contributed by atoms with Crippen LogP contribution in [0.25, 0.3) is 0 Å². The maximum absolute atomic E-state index is 12.1. The molecular formula is C12H20N2O2S2. The molecule has 0 saturated carbocycles.